The Balaban J connectivity index is 2.32. The summed E-state index contributed by atoms with van der Waals surface area (Å²) >= 11 is 1.94. The number of nitrogens with two attached hydrogens (primary N) is 1. The minimum Gasteiger partial charge on any atom is -0.384 e. The molecule has 1 aliphatic heterocycles. The molecule has 1 aromatic rings. The van der Waals surface area contributed by atoms with E-state index in [-0.39, 0.29) is 16.1 Å². The Kier molecular flexibility index (Phi) is 4.04. The van der Waals surface area contributed by atoms with Crippen molar-refractivity contribution in [1.82, 2.24) is 0 Å². The lowest BCUT2D eigenvalue weighted by Crippen LogP contribution is -2.30. The monoisotopic (exact) mass is 281 g/mol. The number of hydrogen-bond donors (Lipinski definition) is 2. The van der Waals surface area contributed by atoms with Crippen LogP contribution in [-0.4, -0.2) is 29.4 Å². The zero-order valence-corrected chi connectivity index (χ0v) is 12.2. The fourth-order valence-electron chi connectivity index (χ4n) is 2.30. The molecule has 0 aromatic heterocycles. The summed E-state index contributed by atoms with van der Waals surface area (Å²) < 4.78 is 14.1. The van der Waals surface area contributed by atoms with E-state index in [2.05, 4.69) is 18.7 Å². The third kappa shape index (κ3) is 3.21. The Bertz CT molecular complexity index is 488. The van der Waals surface area contributed by atoms with Crippen LogP contribution < -0.4 is 10.6 Å². The molecule has 19 heavy (non-hydrogen) atoms. The number of anilines is 1. The van der Waals surface area contributed by atoms with Crippen LogP contribution >= 0.6 is 11.8 Å². The number of hydrogen-bond acceptors (Lipinski definition) is 3. The quantitative estimate of drug-likeness (QED) is 0.647. The summed E-state index contributed by atoms with van der Waals surface area (Å²) in [6.07, 6.45) is 1.03. The van der Waals surface area contributed by atoms with E-state index < -0.39 is 5.82 Å². The number of benzene rings is 1. The number of halogens is 1. The van der Waals surface area contributed by atoms with E-state index in [1.807, 2.05) is 17.8 Å². The van der Waals surface area contributed by atoms with Gasteiger partial charge in [-0.1, -0.05) is 19.9 Å². The lowest BCUT2D eigenvalue weighted by atomic mass is 10.1. The molecule has 5 heteroatoms. The Labute approximate surface area is 117 Å². The molecule has 0 amide bonds. The molecule has 0 aliphatic carbocycles. The summed E-state index contributed by atoms with van der Waals surface area (Å²) in [5, 5.41) is 7.57. The Morgan fingerprint density at radius 2 is 2.16 bits per heavy atom. The maximum Gasteiger partial charge on any atom is 0.136 e. The summed E-state index contributed by atoms with van der Waals surface area (Å²) in [4.78, 5) is 2.14. The van der Waals surface area contributed by atoms with Crippen LogP contribution in [-0.2, 0) is 0 Å². The van der Waals surface area contributed by atoms with Crippen molar-refractivity contribution in [3.63, 3.8) is 0 Å². The van der Waals surface area contributed by atoms with Crippen LogP contribution in [0.25, 0.3) is 0 Å². The van der Waals surface area contributed by atoms with Gasteiger partial charge in [0.05, 0.1) is 11.3 Å². The van der Waals surface area contributed by atoms with Gasteiger partial charge in [0.1, 0.15) is 11.7 Å². The minimum atomic E-state index is -0.416. The van der Waals surface area contributed by atoms with E-state index >= 15 is 0 Å². The van der Waals surface area contributed by atoms with Gasteiger partial charge in [-0.05, 0) is 18.6 Å². The first-order valence-electron chi connectivity index (χ1n) is 6.42. The topological polar surface area (TPSA) is 53.1 Å². The molecule has 1 fully saturated rings. The molecule has 3 nitrogen and oxygen atoms in total. The van der Waals surface area contributed by atoms with Crippen molar-refractivity contribution in [2.75, 3.05) is 23.7 Å². The van der Waals surface area contributed by atoms with E-state index in [0.717, 1.165) is 31.0 Å². The molecule has 1 aromatic carbocycles. The van der Waals surface area contributed by atoms with Gasteiger partial charge in [-0.2, -0.15) is 11.8 Å². The highest BCUT2D eigenvalue weighted by molar-refractivity contribution is 8.00. The van der Waals surface area contributed by atoms with Crippen molar-refractivity contribution in [3.05, 3.63) is 29.6 Å². The summed E-state index contributed by atoms with van der Waals surface area (Å²) in [6.45, 7) is 6.19. The van der Waals surface area contributed by atoms with Crippen molar-refractivity contribution < 1.29 is 4.39 Å². The van der Waals surface area contributed by atoms with E-state index in [1.54, 1.807) is 6.07 Å². The lowest BCUT2D eigenvalue weighted by Gasteiger charge is -2.26. The summed E-state index contributed by atoms with van der Waals surface area (Å²) in [7, 11) is 0. The highest BCUT2D eigenvalue weighted by Gasteiger charge is 2.25. The predicted molar refractivity (Wildman–Crippen MR) is 80.8 cm³/mol. The van der Waals surface area contributed by atoms with Crippen LogP contribution in [0.4, 0.5) is 10.1 Å². The largest absolute Gasteiger partial charge is 0.384 e. The third-order valence-electron chi connectivity index (χ3n) is 3.44. The van der Waals surface area contributed by atoms with Gasteiger partial charge in [0.25, 0.3) is 0 Å². The number of thioether (sulfide) groups is 1. The molecule has 0 saturated carbocycles. The first-order valence-corrected chi connectivity index (χ1v) is 7.41. The molecule has 2 rings (SSSR count). The summed E-state index contributed by atoms with van der Waals surface area (Å²) in [5.74, 6) is 0.381. The standard InChI is InChI=1S/C14H20FN3S/c1-14(2)6-7-18(8-9-19-14)11-5-3-4-10(15)12(11)13(16)17/h3-5H,6-9H2,1-2H3,(H3,16,17). The maximum atomic E-state index is 13.9. The van der Waals surface area contributed by atoms with Crippen molar-refractivity contribution in [1.29, 1.82) is 5.41 Å². The molecule has 0 atom stereocenters. The molecule has 0 spiro atoms. The van der Waals surface area contributed by atoms with E-state index in [9.17, 15) is 4.39 Å². The van der Waals surface area contributed by atoms with E-state index in [4.69, 9.17) is 11.1 Å². The maximum absolute atomic E-state index is 13.9. The van der Waals surface area contributed by atoms with Crippen molar-refractivity contribution in [3.8, 4) is 0 Å². The second-order valence-corrected chi connectivity index (χ2v) is 7.19. The lowest BCUT2D eigenvalue weighted by molar-refractivity contribution is 0.618. The molecule has 104 valence electrons. The van der Waals surface area contributed by atoms with Crippen LogP contribution in [0.15, 0.2) is 18.2 Å². The highest BCUT2D eigenvalue weighted by atomic mass is 32.2. The van der Waals surface area contributed by atoms with Gasteiger partial charge in [0, 0.05) is 23.6 Å². The average Bonchev–Trinajstić information content (AvgIpc) is 2.49. The zero-order valence-electron chi connectivity index (χ0n) is 11.4. The first kappa shape index (κ1) is 14.2. The Hall–Kier alpha value is -1.23. The van der Waals surface area contributed by atoms with Crippen molar-refractivity contribution in [2.45, 2.75) is 25.0 Å². The molecule has 1 aliphatic rings. The van der Waals surface area contributed by atoms with Crippen LogP contribution in [0.1, 0.15) is 25.8 Å². The van der Waals surface area contributed by atoms with Crippen molar-refractivity contribution >= 4 is 23.3 Å². The SMILES string of the molecule is CC1(C)CCN(c2cccc(F)c2C(=N)N)CCS1. The second kappa shape index (κ2) is 5.41. The number of rotatable bonds is 2. The van der Waals surface area contributed by atoms with Crippen LogP contribution in [0.3, 0.4) is 0 Å². The zero-order chi connectivity index (χ0) is 14.0. The summed E-state index contributed by atoms with van der Waals surface area (Å²) in [5.41, 5.74) is 6.50. The van der Waals surface area contributed by atoms with Crippen LogP contribution in [0, 0.1) is 11.2 Å². The van der Waals surface area contributed by atoms with Gasteiger partial charge in [-0.3, -0.25) is 5.41 Å². The average molecular weight is 281 g/mol. The van der Waals surface area contributed by atoms with Gasteiger partial charge in [-0.15, -0.1) is 0 Å². The molecule has 0 unspecified atom stereocenters. The fourth-order valence-corrected chi connectivity index (χ4v) is 3.40. The molecule has 0 radical (unpaired) electrons. The number of amidine groups is 1. The van der Waals surface area contributed by atoms with Gasteiger partial charge in [0.2, 0.25) is 0 Å². The van der Waals surface area contributed by atoms with Gasteiger partial charge < -0.3 is 10.6 Å². The minimum absolute atomic E-state index is 0.204. The number of nitrogen functional groups attached to an aromatic ring is 1. The van der Waals surface area contributed by atoms with Crippen LogP contribution in [0.2, 0.25) is 0 Å². The predicted octanol–water partition coefficient (Wildman–Crippen LogP) is 2.83. The van der Waals surface area contributed by atoms with Gasteiger partial charge in [0.15, 0.2) is 0 Å². The smallest absolute Gasteiger partial charge is 0.136 e. The van der Waals surface area contributed by atoms with Gasteiger partial charge in [-0.25, -0.2) is 4.39 Å². The molecule has 1 heterocycles. The first-order chi connectivity index (χ1) is 8.91. The van der Waals surface area contributed by atoms with E-state index in [0.29, 0.717) is 0 Å². The van der Waals surface area contributed by atoms with Crippen LogP contribution in [0.5, 0.6) is 0 Å². The normalized spacial score (nSPS) is 19.0. The molecular weight excluding hydrogens is 261 g/mol. The molecular formula is C14H20FN3S. The number of nitrogens with one attached hydrogen (secondary N) is 1. The number of nitrogens with zero attached hydrogens (tertiary/aromatic N) is 1. The second-order valence-electron chi connectivity index (χ2n) is 5.39. The van der Waals surface area contributed by atoms with Gasteiger partial charge >= 0.3 is 0 Å². The summed E-state index contributed by atoms with van der Waals surface area (Å²) in [6, 6.07) is 4.89. The molecule has 0 bridgehead atoms. The third-order valence-corrected chi connectivity index (χ3v) is 4.81. The van der Waals surface area contributed by atoms with Crippen molar-refractivity contribution in [2.24, 2.45) is 5.73 Å². The molecule has 3 N–H and O–H groups in total. The fraction of sp³-hybridized carbons (Fsp3) is 0.500. The Morgan fingerprint density at radius 3 is 2.84 bits per heavy atom. The molecule has 1 saturated heterocycles. The highest BCUT2D eigenvalue weighted by Crippen LogP contribution is 2.33. The Morgan fingerprint density at radius 1 is 1.42 bits per heavy atom. The van der Waals surface area contributed by atoms with E-state index in [1.165, 1.54) is 6.07 Å².